The van der Waals surface area contributed by atoms with E-state index in [4.69, 9.17) is 10.8 Å². The molecule has 0 unspecified atom stereocenters. The summed E-state index contributed by atoms with van der Waals surface area (Å²) in [4.78, 5) is 10.2. The Hall–Kier alpha value is -0.570. The molecule has 0 bridgehead atoms. The fourth-order valence-corrected chi connectivity index (χ4v) is 0.991. The van der Waals surface area contributed by atoms with E-state index >= 15 is 0 Å². The molecule has 0 rings (SSSR count). The molecule has 11 heavy (non-hydrogen) atoms. The molecule has 2 atom stereocenters. The van der Waals surface area contributed by atoms with Gasteiger partial charge in [-0.25, -0.2) is 0 Å². The fourth-order valence-electron chi connectivity index (χ4n) is 0.991. The first-order chi connectivity index (χ1) is 5.06. The van der Waals surface area contributed by atoms with Crippen molar-refractivity contribution >= 4 is 5.97 Å². The van der Waals surface area contributed by atoms with Crippen molar-refractivity contribution < 1.29 is 9.90 Å². The van der Waals surface area contributed by atoms with E-state index in [1.165, 1.54) is 0 Å². The topological polar surface area (TPSA) is 63.3 Å². The number of hydrogen-bond donors (Lipinski definition) is 2. The Balaban J connectivity index is 3.51. The Bertz CT molecular complexity index is 125. The van der Waals surface area contributed by atoms with E-state index in [0.29, 0.717) is 5.92 Å². The lowest BCUT2D eigenvalue weighted by atomic mass is 9.98. The zero-order chi connectivity index (χ0) is 8.85. The quantitative estimate of drug-likeness (QED) is 0.634. The number of rotatable bonds is 5. The van der Waals surface area contributed by atoms with Crippen molar-refractivity contribution in [3.05, 3.63) is 0 Å². The summed E-state index contributed by atoms with van der Waals surface area (Å²) in [7, 11) is 0. The third kappa shape index (κ3) is 5.85. The van der Waals surface area contributed by atoms with Gasteiger partial charge in [-0.15, -0.1) is 0 Å². The predicted molar refractivity (Wildman–Crippen MR) is 44.3 cm³/mol. The second kappa shape index (κ2) is 5.13. The van der Waals surface area contributed by atoms with Gasteiger partial charge in [0, 0.05) is 6.04 Å². The Morgan fingerprint density at radius 1 is 1.64 bits per heavy atom. The monoisotopic (exact) mass is 159 g/mol. The van der Waals surface area contributed by atoms with Crippen molar-refractivity contribution in [1.29, 1.82) is 0 Å². The lowest BCUT2D eigenvalue weighted by Gasteiger charge is -2.13. The summed E-state index contributed by atoms with van der Waals surface area (Å²) in [6, 6.07) is -0.178. The number of nitrogens with two attached hydrogens (primary N) is 1. The Morgan fingerprint density at radius 2 is 2.18 bits per heavy atom. The molecule has 0 aromatic heterocycles. The van der Waals surface area contributed by atoms with Crippen molar-refractivity contribution in [3.8, 4) is 0 Å². The Labute approximate surface area is 67.6 Å². The van der Waals surface area contributed by atoms with Gasteiger partial charge in [0.15, 0.2) is 0 Å². The molecule has 0 radical (unpaired) electrons. The van der Waals surface area contributed by atoms with Gasteiger partial charge in [-0.2, -0.15) is 0 Å². The molecular formula is C8H17NO2. The van der Waals surface area contributed by atoms with E-state index in [0.717, 1.165) is 12.8 Å². The second-order valence-corrected chi connectivity index (χ2v) is 3.11. The number of aliphatic carboxylic acids is 1. The van der Waals surface area contributed by atoms with E-state index in [1.54, 1.807) is 0 Å². The van der Waals surface area contributed by atoms with Crippen LogP contribution in [0.2, 0.25) is 0 Å². The Kier molecular flexibility index (Phi) is 4.86. The minimum atomic E-state index is -0.805. The molecule has 0 amide bonds. The molecule has 0 saturated carbocycles. The normalized spacial score (nSPS) is 15.9. The molecule has 0 aromatic rings. The number of carbonyl (C=O) groups is 1. The average Bonchev–Trinajstić information content (AvgIpc) is 1.85. The number of carboxylic acids is 1. The highest BCUT2D eigenvalue weighted by Crippen LogP contribution is 2.09. The van der Waals surface area contributed by atoms with Crippen LogP contribution >= 0.6 is 0 Å². The summed E-state index contributed by atoms with van der Waals surface area (Å²) < 4.78 is 0. The van der Waals surface area contributed by atoms with Crippen LogP contribution in [0.5, 0.6) is 0 Å². The fraction of sp³-hybridized carbons (Fsp3) is 0.875. The molecule has 0 fully saturated rings. The maximum atomic E-state index is 10.2. The van der Waals surface area contributed by atoms with E-state index in [-0.39, 0.29) is 12.5 Å². The summed E-state index contributed by atoms with van der Waals surface area (Å²) in [6.07, 6.45) is 1.96. The van der Waals surface area contributed by atoms with E-state index in [2.05, 4.69) is 13.8 Å². The van der Waals surface area contributed by atoms with Crippen molar-refractivity contribution in [2.75, 3.05) is 0 Å². The SMILES string of the molecule is CC[C@H](C)C[C@H](N)CC(=O)O. The van der Waals surface area contributed by atoms with Gasteiger partial charge in [-0.05, 0) is 12.3 Å². The van der Waals surface area contributed by atoms with E-state index in [1.807, 2.05) is 0 Å². The van der Waals surface area contributed by atoms with Crippen LogP contribution in [-0.2, 0) is 4.79 Å². The van der Waals surface area contributed by atoms with Gasteiger partial charge in [0.25, 0.3) is 0 Å². The van der Waals surface area contributed by atoms with Gasteiger partial charge < -0.3 is 10.8 Å². The van der Waals surface area contributed by atoms with Crippen LogP contribution in [0, 0.1) is 5.92 Å². The van der Waals surface area contributed by atoms with Gasteiger partial charge >= 0.3 is 5.97 Å². The molecule has 0 heterocycles. The van der Waals surface area contributed by atoms with E-state index in [9.17, 15) is 4.79 Å². The molecule has 3 N–H and O–H groups in total. The maximum Gasteiger partial charge on any atom is 0.304 e. The van der Waals surface area contributed by atoms with Gasteiger partial charge in [0.2, 0.25) is 0 Å². The predicted octanol–water partition coefficient (Wildman–Crippen LogP) is 1.22. The summed E-state index contributed by atoms with van der Waals surface area (Å²) >= 11 is 0. The van der Waals surface area contributed by atoms with Crippen LogP contribution in [0.4, 0.5) is 0 Å². The summed E-state index contributed by atoms with van der Waals surface area (Å²) in [6.45, 7) is 4.17. The zero-order valence-electron chi connectivity index (χ0n) is 7.21. The lowest BCUT2D eigenvalue weighted by Crippen LogP contribution is -2.25. The molecule has 3 nitrogen and oxygen atoms in total. The highest BCUT2D eigenvalue weighted by Gasteiger charge is 2.10. The minimum Gasteiger partial charge on any atom is -0.481 e. The average molecular weight is 159 g/mol. The first-order valence-electron chi connectivity index (χ1n) is 4.03. The first-order valence-corrected chi connectivity index (χ1v) is 4.03. The molecule has 0 aliphatic heterocycles. The highest BCUT2D eigenvalue weighted by atomic mass is 16.4. The lowest BCUT2D eigenvalue weighted by molar-refractivity contribution is -0.137. The largest absolute Gasteiger partial charge is 0.481 e. The van der Waals surface area contributed by atoms with Gasteiger partial charge in [-0.1, -0.05) is 20.3 Å². The summed E-state index contributed by atoms with van der Waals surface area (Å²) in [5, 5.41) is 8.39. The molecule has 0 saturated heterocycles. The minimum absolute atomic E-state index is 0.0876. The summed E-state index contributed by atoms with van der Waals surface area (Å²) in [5.41, 5.74) is 5.57. The zero-order valence-corrected chi connectivity index (χ0v) is 7.21. The molecule has 66 valence electrons. The van der Waals surface area contributed by atoms with Gasteiger partial charge in [0.1, 0.15) is 0 Å². The number of carboxylic acid groups (broad SMARTS) is 1. The molecule has 0 aliphatic carbocycles. The standard InChI is InChI=1S/C8H17NO2/c1-3-6(2)4-7(9)5-8(10)11/h6-7H,3-5,9H2,1-2H3,(H,10,11)/t6-,7-/m0/s1. The third-order valence-corrected chi connectivity index (χ3v) is 1.84. The second-order valence-electron chi connectivity index (χ2n) is 3.11. The first kappa shape index (κ1) is 10.4. The van der Waals surface area contributed by atoms with Crippen molar-refractivity contribution in [3.63, 3.8) is 0 Å². The van der Waals surface area contributed by atoms with Crippen molar-refractivity contribution in [2.24, 2.45) is 11.7 Å². The summed E-state index contributed by atoms with van der Waals surface area (Å²) in [5.74, 6) is -0.273. The van der Waals surface area contributed by atoms with Crippen LogP contribution in [0.1, 0.15) is 33.1 Å². The van der Waals surface area contributed by atoms with Gasteiger partial charge in [0.05, 0.1) is 6.42 Å². The van der Waals surface area contributed by atoms with Crippen LogP contribution in [0.25, 0.3) is 0 Å². The van der Waals surface area contributed by atoms with Gasteiger partial charge in [-0.3, -0.25) is 4.79 Å². The van der Waals surface area contributed by atoms with E-state index < -0.39 is 5.97 Å². The van der Waals surface area contributed by atoms with Crippen LogP contribution in [0.15, 0.2) is 0 Å². The van der Waals surface area contributed by atoms with Crippen LogP contribution in [-0.4, -0.2) is 17.1 Å². The molecular weight excluding hydrogens is 142 g/mol. The number of hydrogen-bond acceptors (Lipinski definition) is 2. The Morgan fingerprint density at radius 3 is 2.55 bits per heavy atom. The van der Waals surface area contributed by atoms with Crippen LogP contribution < -0.4 is 5.73 Å². The molecule has 0 aliphatic rings. The van der Waals surface area contributed by atoms with Crippen LogP contribution in [0.3, 0.4) is 0 Å². The van der Waals surface area contributed by atoms with Crippen molar-refractivity contribution in [1.82, 2.24) is 0 Å². The molecule has 3 heteroatoms. The van der Waals surface area contributed by atoms with Crippen molar-refractivity contribution in [2.45, 2.75) is 39.2 Å². The molecule has 0 aromatic carbocycles. The maximum absolute atomic E-state index is 10.2. The highest BCUT2D eigenvalue weighted by molar-refractivity contribution is 5.67. The molecule has 0 spiro atoms. The third-order valence-electron chi connectivity index (χ3n) is 1.84. The smallest absolute Gasteiger partial charge is 0.304 e.